The van der Waals surface area contributed by atoms with E-state index in [0.717, 1.165) is 46.2 Å². The number of aryl methyl sites for hydroxylation is 2. The summed E-state index contributed by atoms with van der Waals surface area (Å²) >= 11 is 0. The lowest BCUT2D eigenvalue weighted by Crippen LogP contribution is -2.23. The summed E-state index contributed by atoms with van der Waals surface area (Å²) in [5.74, 6) is -0.644. The summed E-state index contributed by atoms with van der Waals surface area (Å²) < 4.78 is 1.46. The summed E-state index contributed by atoms with van der Waals surface area (Å²) in [4.78, 5) is 24.1. The number of hydrogen-bond donors (Lipinski definition) is 2. The monoisotopic (exact) mass is 349 g/mol. The van der Waals surface area contributed by atoms with Gasteiger partial charge in [-0.1, -0.05) is 6.07 Å². The molecule has 2 N–H and O–H groups in total. The molecule has 0 spiro atoms. The second-order valence-corrected chi connectivity index (χ2v) is 6.97. The third-order valence-electron chi connectivity index (χ3n) is 5.17. The quantitative estimate of drug-likeness (QED) is 0.752. The van der Waals surface area contributed by atoms with E-state index in [-0.39, 0.29) is 11.3 Å². The van der Waals surface area contributed by atoms with E-state index in [1.807, 2.05) is 32.0 Å². The fourth-order valence-corrected chi connectivity index (χ4v) is 3.59. The van der Waals surface area contributed by atoms with Crippen molar-refractivity contribution in [1.82, 2.24) is 4.40 Å². The van der Waals surface area contributed by atoms with E-state index in [1.54, 1.807) is 18.3 Å². The Morgan fingerprint density at radius 3 is 2.50 bits per heavy atom. The first-order chi connectivity index (χ1) is 12.4. The predicted molar refractivity (Wildman–Crippen MR) is 99.2 cm³/mol. The Balaban J connectivity index is 2.05. The van der Waals surface area contributed by atoms with Crippen LogP contribution in [0.1, 0.15) is 45.8 Å². The van der Waals surface area contributed by atoms with Gasteiger partial charge in [0.2, 0.25) is 0 Å². The van der Waals surface area contributed by atoms with E-state index in [9.17, 15) is 19.8 Å². The van der Waals surface area contributed by atoms with Crippen molar-refractivity contribution in [1.29, 1.82) is 0 Å². The van der Waals surface area contributed by atoms with Gasteiger partial charge in [0.1, 0.15) is 11.3 Å². The van der Waals surface area contributed by atoms with Crippen LogP contribution >= 0.6 is 0 Å². The Kier molecular flexibility index (Phi) is 3.61. The average molecular weight is 349 g/mol. The molecule has 0 bridgehead atoms. The number of hydrogen-bond acceptors (Lipinski definition) is 3. The highest BCUT2D eigenvalue weighted by atomic mass is 16.4. The summed E-state index contributed by atoms with van der Waals surface area (Å²) in [5.41, 5.74) is 4.68. The summed E-state index contributed by atoms with van der Waals surface area (Å²) in [7, 11) is 0. The summed E-state index contributed by atoms with van der Waals surface area (Å²) in [6.07, 6.45) is 3.67. The van der Waals surface area contributed by atoms with Crippen LogP contribution in [0.2, 0.25) is 0 Å². The maximum atomic E-state index is 12.6. The number of carboxylic acids is 1. The van der Waals surface area contributed by atoms with E-state index in [4.69, 9.17) is 0 Å². The number of aromatic nitrogens is 1. The van der Waals surface area contributed by atoms with Crippen molar-refractivity contribution in [3.8, 4) is 16.9 Å². The fourth-order valence-electron chi connectivity index (χ4n) is 3.59. The Bertz CT molecular complexity index is 1120. The highest BCUT2D eigenvalue weighted by Crippen LogP contribution is 2.43. The van der Waals surface area contributed by atoms with E-state index in [1.165, 1.54) is 4.40 Å². The number of aromatic carboxylic acids is 1. The minimum Gasteiger partial charge on any atom is -0.508 e. The van der Waals surface area contributed by atoms with Crippen LogP contribution in [0, 0.1) is 13.8 Å². The van der Waals surface area contributed by atoms with Crippen LogP contribution in [0.5, 0.6) is 5.75 Å². The Labute approximate surface area is 150 Å². The molecule has 2 aromatic heterocycles. The van der Waals surface area contributed by atoms with Crippen molar-refractivity contribution in [3.05, 3.63) is 69.1 Å². The summed E-state index contributed by atoms with van der Waals surface area (Å²) in [5, 5.41) is 19.1. The first-order valence-corrected chi connectivity index (χ1v) is 8.60. The van der Waals surface area contributed by atoms with Gasteiger partial charge in [0.05, 0.1) is 5.52 Å². The van der Waals surface area contributed by atoms with Gasteiger partial charge in [0.15, 0.2) is 0 Å². The number of carboxylic acid groups (broad SMARTS) is 1. The number of carbonyl (C=O) groups is 1. The van der Waals surface area contributed by atoms with E-state index >= 15 is 0 Å². The normalized spacial score (nSPS) is 13.9. The topological polar surface area (TPSA) is 79.0 Å². The molecule has 26 heavy (non-hydrogen) atoms. The molecule has 3 aromatic rings. The smallest absolute Gasteiger partial charge is 0.341 e. The number of benzene rings is 1. The zero-order valence-electron chi connectivity index (χ0n) is 14.6. The van der Waals surface area contributed by atoms with Crippen molar-refractivity contribution in [2.24, 2.45) is 0 Å². The van der Waals surface area contributed by atoms with Gasteiger partial charge < -0.3 is 10.2 Å². The summed E-state index contributed by atoms with van der Waals surface area (Å²) in [6.45, 7) is 3.80. The van der Waals surface area contributed by atoms with Crippen molar-refractivity contribution >= 4 is 11.5 Å². The van der Waals surface area contributed by atoms with Gasteiger partial charge in [-0.05, 0) is 84.7 Å². The molecule has 5 nitrogen and oxygen atoms in total. The molecule has 1 aliphatic rings. The average Bonchev–Trinajstić information content (AvgIpc) is 3.43. The van der Waals surface area contributed by atoms with Crippen LogP contribution in [-0.4, -0.2) is 20.6 Å². The molecule has 1 aliphatic carbocycles. The molecule has 1 aromatic carbocycles. The van der Waals surface area contributed by atoms with Gasteiger partial charge in [-0.2, -0.15) is 0 Å². The minimum atomic E-state index is -1.19. The van der Waals surface area contributed by atoms with Gasteiger partial charge in [0.25, 0.3) is 5.56 Å². The number of rotatable bonds is 3. The number of phenolic OH excluding ortho intramolecular Hbond substituents is 1. The van der Waals surface area contributed by atoms with E-state index < -0.39 is 11.5 Å². The van der Waals surface area contributed by atoms with Crippen LogP contribution in [0.3, 0.4) is 0 Å². The van der Waals surface area contributed by atoms with Crippen LogP contribution < -0.4 is 5.56 Å². The van der Waals surface area contributed by atoms with Crippen LogP contribution in [0.15, 0.2) is 41.3 Å². The molecular formula is C21H19NO4. The molecule has 2 heterocycles. The van der Waals surface area contributed by atoms with Gasteiger partial charge in [-0.3, -0.25) is 9.20 Å². The molecule has 0 unspecified atom stereocenters. The van der Waals surface area contributed by atoms with Crippen molar-refractivity contribution < 1.29 is 15.0 Å². The lowest BCUT2D eigenvalue weighted by atomic mass is 9.95. The molecule has 132 valence electrons. The van der Waals surface area contributed by atoms with Gasteiger partial charge in [-0.25, -0.2) is 4.79 Å². The number of fused-ring (bicyclic) bond motifs is 1. The van der Waals surface area contributed by atoms with E-state index in [2.05, 4.69) is 0 Å². The first kappa shape index (κ1) is 16.4. The molecule has 0 aliphatic heterocycles. The molecule has 5 heteroatoms. The maximum Gasteiger partial charge on any atom is 0.341 e. The fraction of sp³-hybridized carbons (Fsp3) is 0.238. The third-order valence-corrected chi connectivity index (χ3v) is 5.17. The second kappa shape index (κ2) is 5.73. The van der Waals surface area contributed by atoms with Crippen molar-refractivity contribution in [2.75, 3.05) is 0 Å². The molecule has 0 atom stereocenters. The number of phenols is 1. The molecule has 0 radical (unpaired) electrons. The van der Waals surface area contributed by atoms with Crippen LogP contribution in [0.25, 0.3) is 16.6 Å². The highest BCUT2D eigenvalue weighted by molar-refractivity contribution is 5.89. The van der Waals surface area contributed by atoms with Crippen LogP contribution in [-0.2, 0) is 0 Å². The SMILES string of the molecule is Cc1cc(-c2ccn3c(=O)c(C(=O)O)cc(C4CC4)c3c2C)ccc1O. The molecule has 0 amide bonds. The largest absolute Gasteiger partial charge is 0.508 e. The number of nitrogens with zero attached hydrogens (tertiary/aromatic N) is 1. The second-order valence-electron chi connectivity index (χ2n) is 6.97. The zero-order valence-corrected chi connectivity index (χ0v) is 14.6. The molecule has 4 rings (SSSR count). The molecular weight excluding hydrogens is 330 g/mol. The Hall–Kier alpha value is -3.08. The highest BCUT2D eigenvalue weighted by Gasteiger charge is 2.29. The molecule has 1 fully saturated rings. The first-order valence-electron chi connectivity index (χ1n) is 8.60. The van der Waals surface area contributed by atoms with E-state index in [0.29, 0.717) is 5.92 Å². The maximum absolute atomic E-state index is 12.6. The summed E-state index contributed by atoms with van der Waals surface area (Å²) in [6, 6.07) is 8.81. The van der Waals surface area contributed by atoms with Gasteiger partial charge in [0, 0.05) is 6.20 Å². The Morgan fingerprint density at radius 2 is 1.88 bits per heavy atom. The van der Waals surface area contributed by atoms with Gasteiger partial charge >= 0.3 is 5.97 Å². The van der Waals surface area contributed by atoms with Crippen molar-refractivity contribution in [2.45, 2.75) is 32.6 Å². The Morgan fingerprint density at radius 1 is 1.15 bits per heavy atom. The molecule has 1 saturated carbocycles. The van der Waals surface area contributed by atoms with Gasteiger partial charge in [-0.15, -0.1) is 0 Å². The lowest BCUT2D eigenvalue weighted by Gasteiger charge is -2.15. The van der Waals surface area contributed by atoms with Crippen molar-refractivity contribution in [3.63, 3.8) is 0 Å². The zero-order chi connectivity index (χ0) is 18.6. The van der Waals surface area contributed by atoms with Crippen LogP contribution in [0.4, 0.5) is 0 Å². The third kappa shape index (κ3) is 2.47. The number of pyridine rings is 2. The molecule has 0 saturated heterocycles. The number of aromatic hydroxyl groups is 1. The minimum absolute atomic E-state index is 0.183. The standard InChI is InChI=1S/C21H19NO4/c1-11-9-14(5-6-18(11)23)15-7-8-22-19(12(15)2)16(13-3-4-13)10-17(20(22)24)21(25)26/h5-10,13,23H,3-4H2,1-2H3,(H,25,26). The predicted octanol–water partition coefficient (Wildman–Crippen LogP) is 3.86. The lowest BCUT2D eigenvalue weighted by molar-refractivity contribution is 0.0694.